The van der Waals surface area contributed by atoms with Crippen LogP contribution in [0.3, 0.4) is 0 Å². The van der Waals surface area contributed by atoms with Gasteiger partial charge in [0.1, 0.15) is 5.60 Å². The van der Waals surface area contributed by atoms with E-state index < -0.39 is 5.60 Å². The van der Waals surface area contributed by atoms with Crippen LogP contribution in [0.5, 0.6) is 0 Å². The van der Waals surface area contributed by atoms with Gasteiger partial charge in [0.05, 0.1) is 0 Å². The number of hydrogen-bond donors (Lipinski definition) is 2. The summed E-state index contributed by atoms with van der Waals surface area (Å²) in [6, 6.07) is 0.498. The summed E-state index contributed by atoms with van der Waals surface area (Å²) >= 11 is 0. The molecule has 0 aliphatic carbocycles. The molecule has 5 nitrogen and oxygen atoms in total. The van der Waals surface area contributed by atoms with E-state index in [0.29, 0.717) is 12.6 Å². The Balaban J connectivity index is 2.42. The van der Waals surface area contributed by atoms with Gasteiger partial charge in [0.2, 0.25) is 0 Å². The Bertz CT molecular complexity index is 289. The fourth-order valence-electron chi connectivity index (χ4n) is 2.46. The number of rotatable bonds is 4. The van der Waals surface area contributed by atoms with Crippen LogP contribution in [0.15, 0.2) is 0 Å². The third-order valence-corrected chi connectivity index (χ3v) is 3.48. The maximum Gasteiger partial charge on any atom is 0.407 e. The first-order valence-corrected chi connectivity index (χ1v) is 7.21. The number of carbonyl (C=O) groups excluding carboxylic acids is 1. The van der Waals surface area contributed by atoms with Gasteiger partial charge in [-0.25, -0.2) is 4.79 Å². The SMILES string of the molecule is CN1CCCCC1CC(CN)NC(=O)OC(C)(C)C. The number of hydrogen-bond acceptors (Lipinski definition) is 4. The van der Waals surface area contributed by atoms with E-state index in [1.807, 2.05) is 20.8 Å². The minimum absolute atomic E-state index is 0.0135. The number of piperidine rings is 1. The number of amides is 1. The van der Waals surface area contributed by atoms with E-state index in [1.54, 1.807) is 0 Å². The average Bonchev–Trinajstić information content (AvgIpc) is 2.28. The van der Waals surface area contributed by atoms with E-state index in [4.69, 9.17) is 10.5 Å². The van der Waals surface area contributed by atoms with Gasteiger partial charge in [0.25, 0.3) is 0 Å². The van der Waals surface area contributed by atoms with Crippen LogP contribution >= 0.6 is 0 Å². The van der Waals surface area contributed by atoms with Crippen LogP contribution in [0.1, 0.15) is 46.5 Å². The van der Waals surface area contributed by atoms with Gasteiger partial charge in [-0.2, -0.15) is 0 Å². The van der Waals surface area contributed by atoms with Crippen LogP contribution in [0, 0.1) is 0 Å². The average molecular weight is 271 g/mol. The van der Waals surface area contributed by atoms with Gasteiger partial charge in [-0.15, -0.1) is 0 Å². The van der Waals surface area contributed by atoms with Crippen molar-refractivity contribution in [3.8, 4) is 0 Å². The van der Waals surface area contributed by atoms with Crippen molar-refractivity contribution in [3.05, 3.63) is 0 Å². The Morgan fingerprint density at radius 1 is 1.47 bits per heavy atom. The van der Waals surface area contributed by atoms with Crippen molar-refractivity contribution in [1.82, 2.24) is 10.2 Å². The highest BCUT2D eigenvalue weighted by Crippen LogP contribution is 2.19. The number of nitrogens with zero attached hydrogens (tertiary/aromatic N) is 1. The molecule has 112 valence electrons. The maximum atomic E-state index is 11.7. The van der Waals surface area contributed by atoms with Gasteiger partial charge < -0.3 is 20.7 Å². The molecule has 2 atom stereocenters. The quantitative estimate of drug-likeness (QED) is 0.817. The molecule has 3 N–H and O–H groups in total. The molecule has 0 spiro atoms. The van der Waals surface area contributed by atoms with Crippen molar-refractivity contribution in [2.45, 2.75) is 64.1 Å². The largest absolute Gasteiger partial charge is 0.444 e. The molecule has 1 saturated heterocycles. The molecule has 1 aliphatic rings. The van der Waals surface area contributed by atoms with Crippen molar-refractivity contribution >= 4 is 6.09 Å². The van der Waals surface area contributed by atoms with E-state index >= 15 is 0 Å². The van der Waals surface area contributed by atoms with Gasteiger partial charge in [0, 0.05) is 18.6 Å². The van der Waals surface area contributed by atoms with Gasteiger partial charge >= 0.3 is 6.09 Å². The summed E-state index contributed by atoms with van der Waals surface area (Å²) in [4.78, 5) is 14.1. The van der Waals surface area contributed by atoms with Crippen LogP contribution in [-0.2, 0) is 4.74 Å². The minimum atomic E-state index is -0.467. The van der Waals surface area contributed by atoms with E-state index in [0.717, 1.165) is 13.0 Å². The Morgan fingerprint density at radius 3 is 2.68 bits per heavy atom. The molecule has 5 heteroatoms. The van der Waals surface area contributed by atoms with Crippen molar-refractivity contribution in [2.75, 3.05) is 20.1 Å². The Morgan fingerprint density at radius 2 is 2.16 bits per heavy atom. The zero-order valence-corrected chi connectivity index (χ0v) is 12.7. The second-order valence-corrected chi connectivity index (χ2v) is 6.44. The number of nitrogens with one attached hydrogen (secondary N) is 1. The van der Waals surface area contributed by atoms with Crippen LogP contribution in [-0.4, -0.2) is 48.8 Å². The summed E-state index contributed by atoms with van der Waals surface area (Å²) in [6.45, 7) is 7.16. The molecule has 0 saturated carbocycles. The lowest BCUT2D eigenvalue weighted by Crippen LogP contribution is -2.48. The molecular weight excluding hydrogens is 242 g/mol. The van der Waals surface area contributed by atoms with Gasteiger partial charge in [-0.1, -0.05) is 6.42 Å². The monoisotopic (exact) mass is 271 g/mol. The number of carbonyl (C=O) groups is 1. The molecule has 2 unspecified atom stereocenters. The summed E-state index contributed by atoms with van der Waals surface area (Å²) in [6.07, 6.45) is 4.23. The first-order chi connectivity index (χ1) is 8.81. The minimum Gasteiger partial charge on any atom is -0.444 e. The van der Waals surface area contributed by atoms with Crippen LogP contribution in [0.2, 0.25) is 0 Å². The fraction of sp³-hybridized carbons (Fsp3) is 0.929. The third kappa shape index (κ3) is 6.25. The predicted octanol–water partition coefficient (Wildman–Crippen LogP) is 1.71. The Hall–Kier alpha value is -0.810. The molecule has 1 fully saturated rings. The molecule has 0 aromatic carbocycles. The molecule has 0 bridgehead atoms. The summed E-state index contributed by atoms with van der Waals surface area (Å²) in [5, 5.41) is 2.88. The number of alkyl carbamates (subject to hydrolysis) is 1. The summed E-state index contributed by atoms with van der Waals surface area (Å²) in [5.74, 6) is 0. The lowest BCUT2D eigenvalue weighted by Gasteiger charge is -2.35. The topological polar surface area (TPSA) is 67.6 Å². The molecule has 1 aliphatic heterocycles. The molecular formula is C14H29N3O2. The van der Waals surface area contributed by atoms with Crippen LogP contribution in [0.4, 0.5) is 4.79 Å². The zero-order chi connectivity index (χ0) is 14.5. The van der Waals surface area contributed by atoms with Crippen LogP contribution in [0.25, 0.3) is 0 Å². The lowest BCUT2D eigenvalue weighted by molar-refractivity contribution is 0.0490. The smallest absolute Gasteiger partial charge is 0.407 e. The predicted molar refractivity (Wildman–Crippen MR) is 77.1 cm³/mol. The van der Waals surface area contributed by atoms with Crippen molar-refractivity contribution in [3.63, 3.8) is 0 Å². The van der Waals surface area contributed by atoms with E-state index in [1.165, 1.54) is 19.3 Å². The van der Waals surface area contributed by atoms with Gasteiger partial charge in [0.15, 0.2) is 0 Å². The molecule has 1 amide bonds. The summed E-state index contributed by atoms with van der Waals surface area (Å²) < 4.78 is 5.27. The van der Waals surface area contributed by atoms with Crippen molar-refractivity contribution in [1.29, 1.82) is 0 Å². The van der Waals surface area contributed by atoms with Gasteiger partial charge in [-0.05, 0) is 53.6 Å². The van der Waals surface area contributed by atoms with Crippen molar-refractivity contribution in [2.24, 2.45) is 5.73 Å². The van der Waals surface area contributed by atoms with Gasteiger partial charge in [-0.3, -0.25) is 0 Å². The Labute approximate surface area is 116 Å². The standard InChI is InChI=1S/C14H29N3O2/c1-14(2,3)19-13(18)16-11(10-15)9-12-7-5-6-8-17(12)4/h11-12H,5-10,15H2,1-4H3,(H,16,18). The second kappa shape index (κ2) is 7.10. The van der Waals surface area contributed by atoms with E-state index in [-0.39, 0.29) is 12.1 Å². The molecule has 0 radical (unpaired) electrons. The first kappa shape index (κ1) is 16.2. The lowest BCUT2D eigenvalue weighted by atomic mass is 9.96. The first-order valence-electron chi connectivity index (χ1n) is 7.21. The number of likely N-dealkylation sites (tertiary alicyclic amines) is 1. The summed E-state index contributed by atoms with van der Waals surface area (Å²) in [5.41, 5.74) is 5.29. The van der Waals surface area contributed by atoms with E-state index in [2.05, 4.69) is 17.3 Å². The maximum absolute atomic E-state index is 11.7. The number of nitrogens with two attached hydrogens (primary N) is 1. The van der Waals surface area contributed by atoms with E-state index in [9.17, 15) is 4.79 Å². The molecule has 0 aromatic heterocycles. The van der Waals surface area contributed by atoms with Crippen molar-refractivity contribution < 1.29 is 9.53 Å². The highest BCUT2D eigenvalue weighted by molar-refractivity contribution is 5.68. The normalized spacial score (nSPS) is 22.9. The highest BCUT2D eigenvalue weighted by Gasteiger charge is 2.24. The molecule has 1 heterocycles. The summed E-state index contributed by atoms with van der Waals surface area (Å²) in [7, 11) is 2.14. The Kier molecular flexibility index (Phi) is 6.07. The fourth-order valence-corrected chi connectivity index (χ4v) is 2.46. The molecule has 1 rings (SSSR count). The molecule has 0 aromatic rings. The third-order valence-electron chi connectivity index (χ3n) is 3.48. The second-order valence-electron chi connectivity index (χ2n) is 6.44. The molecule has 19 heavy (non-hydrogen) atoms. The number of ether oxygens (including phenoxy) is 1. The highest BCUT2D eigenvalue weighted by atomic mass is 16.6. The zero-order valence-electron chi connectivity index (χ0n) is 12.7. The van der Waals surface area contributed by atoms with Crippen LogP contribution < -0.4 is 11.1 Å².